The lowest BCUT2D eigenvalue weighted by atomic mass is 10.2. The minimum Gasteiger partial charge on any atom is -0.326 e. The standard InChI is InChI=1S/C17H15Cl3N2O2/c1-2-3-16(23)21-13-4-5-14(20)15(9-13)22-17(24)10-6-11(18)8-12(19)7-10/h4-9H,2-3H2,1H3,(H,21,23)(H,22,24). The molecule has 2 aromatic rings. The Morgan fingerprint density at radius 3 is 2.25 bits per heavy atom. The second-order valence-electron chi connectivity index (χ2n) is 5.11. The smallest absolute Gasteiger partial charge is 0.255 e. The first-order valence-electron chi connectivity index (χ1n) is 7.26. The van der Waals surface area contributed by atoms with Crippen molar-refractivity contribution in [2.45, 2.75) is 19.8 Å². The molecule has 4 nitrogen and oxygen atoms in total. The molecule has 0 radical (unpaired) electrons. The van der Waals surface area contributed by atoms with Crippen LogP contribution in [0, 0.1) is 0 Å². The van der Waals surface area contributed by atoms with E-state index < -0.39 is 5.91 Å². The summed E-state index contributed by atoms with van der Waals surface area (Å²) in [6.07, 6.45) is 1.17. The number of hydrogen-bond donors (Lipinski definition) is 2. The molecule has 2 N–H and O–H groups in total. The number of carbonyl (C=O) groups excluding carboxylic acids is 2. The summed E-state index contributed by atoms with van der Waals surface area (Å²) in [4.78, 5) is 24.0. The van der Waals surface area contributed by atoms with Gasteiger partial charge in [0.1, 0.15) is 0 Å². The van der Waals surface area contributed by atoms with Crippen LogP contribution >= 0.6 is 34.8 Å². The second-order valence-corrected chi connectivity index (χ2v) is 6.39. The van der Waals surface area contributed by atoms with Crippen molar-refractivity contribution in [2.75, 3.05) is 10.6 Å². The van der Waals surface area contributed by atoms with E-state index in [4.69, 9.17) is 34.8 Å². The monoisotopic (exact) mass is 384 g/mol. The lowest BCUT2D eigenvalue weighted by Gasteiger charge is -2.11. The van der Waals surface area contributed by atoms with Crippen LogP contribution in [0.2, 0.25) is 15.1 Å². The Labute approximate surface area is 155 Å². The van der Waals surface area contributed by atoms with E-state index in [1.54, 1.807) is 18.2 Å². The van der Waals surface area contributed by atoms with Crippen LogP contribution < -0.4 is 10.6 Å². The van der Waals surface area contributed by atoms with E-state index in [9.17, 15) is 9.59 Å². The van der Waals surface area contributed by atoms with Gasteiger partial charge in [-0.15, -0.1) is 0 Å². The Balaban J connectivity index is 2.19. The van der Waals surface area contributed by atoms with Crippen molar-refractivity contribution >= 4 is 58.0 Å². The zero-order valence-electron chi connectivity index (χ0n) is 12.8. The molecule has 126 valence electrons. The van der Waals surface area contributed by atoms with Gasteiger partial charge in [0.15, 0.2) is 0 Å². The molecule has 0 bridgehead atoms. The molecule has 0 aromatic heterocycles. The van der Waals surface area contributed by atoms with Gasteiger partial charge in [-0.05, 0) is 42.8 Å². The van der Waals surface area contributed by atoms with E-state index in [-0.39, 0.29) is 5.91 Å². The third kappa shape index (κ3) is 5.13. The van der Waals surface area contributed by atoms with E-state index in [1.807, 2.05) is 6.92 Å². The highest BCUT2D eigenvalue weighted by Crippen LogP contribution is 2.27. The van der Waals surface area contributed by atoms with Gasteiger partial charge in [0.05, 0.1) is 10.7 Å². The van der Waals surface area contributed by atoms with Gasteiger partial charge in [0.25, 0.3) is 5.91 Å². The molecule has 0 fully saturated rings. The number of anilines is 2. The van der Waals surface area contributed by atoms with Gasteiger partial charge >= 0.3 is 0 Å². The van der Waals surface area contributed by atoms with Crippen molar-refractivity contribution in [1.29, 1.82) is 0 Å². The second kappa shape index (κ2) is 8.38. The molecule has 0 spiro atoms. The largest absolute Gasteiger partial charge is 0.326 e. The van der Waals surface area contributed by atoms with Crippen LogP contribution in [0.25, 0.3) is 0 Å². The molecule has 0 saturated carbocycles. The predicted octanol–water partition coefficient (Wildman–Crippen LogP) is 5.64. The van der Waals surface area contributed by atoms with E-state index in [0.717, 1.165) is 6.42 Å². The molecule has 0 aliphatic heterocycles. The van der Waals surface area contributed by atoms with Crippen LogP contribution in [0.4, 0.5) is 11.4 Å². The summed E-state index contributed by atoms with van der Waals surface area (Å²) in [6, 6.07) is 9.41. The summed E-state index contributed by atoms with van der Waals surface area (Å²) in [7, 11) is 0. The molecule has 2 amide bonds. The van der Waals surface area contributed by atoms with E-state index in [1.165, 1.54) is 18.2 Å². The average Bonchev–Trinajstić information content (AvgIpc) is 2.50. The van der Waals surface area contributed by atoms with Crippen molar-refractivity contribution in [3.63, 3.8) is 0 Å². The summed E-state index contributed by atoms with van der Waals surface area (Å²) in [6.45, 7) is 1.92. The molecule has 0 heterocycles. The number of benzene rings is 2. The molecule has 2 rings (SSSR count). The van der Waals surface area contributed by atoms with Crippen LogP contribution in [0.15, 0.2) is 36.4 Å². The molecule has 0 aliphatic carbocycles. The van der Waals surface area contributed by atoms with Crippen molar-refractivity contribution in [3.05, 3.63) is 57.0 Å². The molecule has 0 saturated heterocycles. The first-order valence-corrected chi connectivity index (χ1v) is 8.39. The number of nitrogens with one attached hydrogen (secondary N) is 2. The van der Waals surface area contributed by atoms with Crippen LogP contribution in [-0.2, 0) is 4.79 Å². The van der Waals surface area contributed by atoms with Gasteiger partial charge in [0.2, 0.25) is 5.91 Å². The van der Waals surface area contributed by atoms with Gasteiger partial charge in [-0.3, -0.25) is 9.59 Å². The maximum atomic E-state index is 12.3. The van der Waals surface area contributed by atoms with Crippen molar-refractivity contribution in [1.82, 2.24) is 0 Å². The summed E-state index contributed by atoms with van der Waals surface area (Å²) in [5.41, 5.74) is 1.24. The molecule has 0 atom stereocenters. The summed E-state index contributed by atoms with van der Waals surface area (Å²) >= 11 is 17.9. The van der Waals surface area contributed by atoms with Gasteiger partial charge in [-0.25, -0.2) is 0 Å². The SMILES string of the molecule is CCCC(=O)Nc1ccc(Cl)c(NC(=O)c2cc(Cl)cc(Cl)c2)c1. The van der Waals surface area contributed by atoms with Gasteiger partial charge < -0.3 is 10.6 Å². The number of rotatable bonds is 5. The summed E-state index contributed by atoms with van der Waals surface area (Å²) in [5, 5.41) is 6.51. The van der Waals surface area contributed by atoms with Gasteiger partial charge in [-0.2, -0.15) is 0 Å². The highest BCUT2D eigenvalue weighted by atomic mass is 35.5. The zero-order valence-corrected chi connectivity index (χ0v) is 15.1. The van der Waals surface area contributed by atoms with Crippen LogP contribution in [0.1, 0.15) is 30.1 Å². The first kappa shape index (κ1) is 18.6. The molecule has 2 aromatic carbocycles. The number of amides is 2. The Morgan fingerprint density at radius 1 is 0.958 bits per heavy atom. The van der Waals surface area contributed by atoms with E-state index in [0.29, 0.717) is 38.4 Å². The number of halogens is 3. The normalized spacial score (nSPS) is 10.3. The van der Waals surface area contributed by atoms with Crippen molar-refractivity contribution in [2.24, 2.45) is 0 Å². The van der Waals surface area contributed by atoms with E-state index in [2.05, 4.69) is 10.6 Å². The Hall–Kier alpha value is -1.75. The summed E-state index contributed by atoms with van der Waals surface area (Å²) < 4.78 is 0. The minimum absolute atomic E-state index is 0.0984. The first-order chi connectivity index (χ1) is 11.4. The fraction of sp³-hybridized carbons (Fsp3) is 0.176. The Morgan fingerprint density at radius 2 is 1.62 bits per heavy atom. The van der Waals surface area contributed by atoms with Crippen LogP contribution in [-0.4, -0.2) is 11.8 Å². The highest BCUT2D eigenvalue weighted by molar-refractivity contribution is 6.36. The third-order valence-corrected chi connectivity index (χ3v) is 3.87. The van der Waals surface area contributed by atoms with Crippen LogP contribution in [0.5, 0.6) is 0 Å². The molecule has 0 unspecified atom stereocenters. The van der Waals surface area contributed by atoms with Crippen molar-refractivity contribution < 1.29 is 9.59 Å². The lowest BCUT2D eigenvalue weighted by Crippen LogP contribution is -2.14. The Bertz CT molecular complexity index is 758. The lowest BCUT2D eigenvalue weighted by molar-refractivity contribution is -0.116. The average molecular weight is 386 g/mol. The maximum Gasteiger partial charge on any atom is 0.255 e. The molecular formula is C17H15Cl3N2O2. The minimum atomic E-state index is -0.404. The number of carbonyl (C=O) groups is 2. The van der Waals surface area contributed by atoms with Crippen molar-refractivity contribution in [3.8, 4) is 0 Å². The fourth-order valence-corrected chi connectivity index (χ4v) is 2.72. The molecule has 0 aliphatic rings. The highest BCUT2D eigenvalue weighted by Gasteiger charge is 2.12. The summed E-state index contributed by atoms with van der Waals surface area (Å²) in [5.74, 6) is -0.503. The quantitative estimate of drug-likeness (QED) is 0.700. The molecule has 7 heteroatoms. The third-order valence-electron chi connectivity index (χ3n) is 3.10. The van der Waals surface area contributed by atoms with E-state index >= 15 is 0 Å². The maximum absolute atomic E-state index is 12.3. The number of hydrogen-bond acceptors (Lipinski definition) is 2. The van der Waals surface area contributed by atoms with Gasteiger partial charge in [-0.1, -0.05) is 41.7 Å². The molecular weight excluding hydrogens is 371 g/mol. The predicted molar refractivity (Wildman–Crippen MR) is 99.4 cm³/mol. The van der Waals surface area contributed by atoms with Gasteiger partial charge in [0, 0.05) is 27.7 Å². The topological polar surface area (TPSA) is 58.2 Å². The molecule has 24 heavy (non-hydrogen) atoms. The van der Waals surface area contributed by atoms with Crippen LogP contribution in [0.3, 0.4) is 0 Å². The fourth-order valence-electron chi connectivity index (χ4n) is 2.03. The zero-order chi connectivity index (χ0) is 17.7. The Kier molecular flexibility index (Phi) is 6.49.